The molecule has 0 saturated heterocycles. The molecule has 0 aliphatic heterocycles. The number of para-hydroxylation sites is 1. The molecule has 0 saturated carbocycles. The fourth-order valence-corrected chi connectivity index (χ4v) is 3.55. The summed E-state index contributed by atoms with van der Waals surface area (Å²) in [4.78, 5) is 17.0. The maximum atomic E-state index is 12.5. The molecule has 1 aromatic carbocycles. The van der Waals surface area contributed by atoms with Crippen LogP contribution in [0.25, 0.3) is 10.2 Å². The zero-order chi connectivity index (χ0) is 16.6. The summed E-state index contributed by atoms with van der Waals surface area (Å²) in [6.07, 6.45) is 0. The number of anilines is 1. The molecule has 2 aromatic heterocycles. The van der Waals surface area contributed by atoms with Crippen LogP contribution >= 0.6 is 22.9 Å². The lowest BCUT2D eigenvalue weighted by Gasteiger charge is -2.06. The van der Waals surface area contributed by atoms with E-state index in [1.54, 1.807) is 11.6 Å². The Morgan fingerprint density at radius 1 is 1.39 bits per heavy atom. The first-order chi connectivity index (χ1) is 11.0. The van der Waals surface area contributed by atoms with Crippen molar-refractivity contribution in [2.24, 2.45) is 5.92 Å². The van der Waals surface area contributed by atoms with Gasteiger partial charge in [0.2, 0.25) is 0 Å². The highest BCUT2D eigenvalue weighted by molar-refractivity contribution is 7.22. The summed E-state index contributed by atoms with van der Waals surface area (Å²) >= 11 is 7.77. The zero-order valence-electron chi connectivity index (χ0n) is 13.1. The Morgan fingerprint density at radius 3 is 2.83 bits per heavy atom. The molecule has 0 radical (unpaired) electrons. The van der Waals surface area contributed by atoms with Crippen molar-refractivity contribution in [3.05, 3.63) is 40.7 Å². The summed E-state index contributed by atoms with van der Waals surface area (Å²) in [7, 11) is 0. The molecular formula is C16H17ClN4OS. The van der Waals surface area contributed by atoms with E-state index in [0.717, 1.165) is 10.2 Å². The number of amides is 1. The van der Waals surface area contributed by atoms with Crippen molar-refractivity contribution < 1.29 is 4.79 Å². The second kappa shape index (κ2) is 6.29. The van der Waals surface area contributed by atoms with Gasteiger partial charge < -0.3 is 0 Å². The minimum absolute atomic E-state index is 0.276. The number of hydrogen-bond acceptors (Lipinski definition) is 4. The van der Waals surface area contributed by atoms with Crippen LogP contribution in [0.4, 0.5) is 5.13 Å². The molecule has 0 spiro atoms. The van der Waals surface area contributed by atoms with Crippen LogP contribution in [-0.4, -0.2) is 20.7 Å². The second-order valence-electron chi connectivity index (χ2n) is 5.77. The lowest BCUT2D eigenvalue weighted by Crippen LogP contribution is -2.13. The van der Waals surface area contributed by atoms with Crippen LogP contribution in [0.2, 0.25) is 5.15 Å². The molecule has 7 heteroatoms. The summed E-state index contributed by atoms with van der Waals surface area (Å²) in [5, 5.41) is 8.12. The van der Waals surface area contributed by atoms with Gasteiger partial charge >= 0.3 is 0 Å². The number of aromatic nitrogens is 3. The molecule has 0 aliphatic rings. The van der Waals surface area contributed by atoms with E-state index in [0.29, 0.717) is 34.0 Å². The van der Waals surface area contributed by atoms with Gasteiger partial charge in [-0.1, -0.05) is 48.9 Å². The number of thiazole rings is 1. The predicted octanol–water partition coefficient (Wildman–Crippen LogP) is 4.36. The molecule has 5 nitrogen and oxygen atoms in total. The molecule has 0 bridgehead atoms. The van der Waals surface area contributed by atoms with E-state index in [4.69, 9.17) is 11.6 Å². The number of carbonyl (C=O) groups excluding carboxylic acids is 1. The van der Waals surface area contributed by atoms with E-state index < -0.39 is 0 Å². The highest BCUT2D eigenvalue weighted by atomic mass is 35.5. The van der Waals surface area contributed by atoms with Crippen LogP contribution in [0.15, 0.2) is 24.3 Å². The van der Waals surface area contributed by atoms with E-state index in [1.165, 1.54) is 11.3 Å². The number of nitrogens with one attached hydrogen (secondary N) is 1. The molecule has 1 N–H and O–H groups in total. The Balaban J connectivity index is 1.87. The monoisotopic (exact) mass is 348 g/mol. The Kier molecular flexibility index (Phi) is 4.37. The van der Waals surface area contributed by atoms with Crippen molar-refractivity contribution in [3.8, 4) is 0 Å². The number of fused-ring (bicyclic) bond motifs is 1. The molecule has 3 aromatic rings. The number of carbonyl (C=O) groups is 1. The summed E-state index contributed by atoms with van der Waals surface area (Å²) in [5.74, 6) is 0.119. The summed E-state index contributed by atoms with van der Waals surface area (Å²) in [6.45, 7) is 6.62. The van der Waals surface area contributed by atoms with Crippen LogP contribution in [0.3, 0.4) is 0 Å². The normalized spacial score (nSPS) is 11.3. The first-order valence-electron chi connectivity index (χ1n) is 7.35. The molecule has 0 fully saturated rings. The van der Waals surface area contributed by atoms with E-state index in [9.17, 15) is 4.79 Å². The molecule has 0 unspecified atom stereocenters. The Morgan fingerprint density at radius 2 is 2.13 bits per heavy atom. The maximum Gasteiger partial charge on any atom is 0.262 e. The third-order valence-electron chi connectivity index (χ3n) is 3.34. The van der Waals surface area contributed by atoms with Gasteiger partial charge in [0.1, 0.15) is 5.15 Å². The smallest absolute Gasteiger partial charge is 0.262 e. The SMILES string of the molecule is Cc1nn(CC(C)C)c(Cl)c1C(=O)Nc1nc2ccccc2s1. The fraction of sp³-hybridized carbons (Fsp3) is 0.312. The Labute approximate surface area is 143 Å². The van der Waals surface area contributed by atoms with E-state index in [2.05, 4.69) is 29.2 Å². The lowest BCUT2D eigenvalue weighted by molar-refractivity contribution is 0.102. The molecular weight excluding hydrogens is 332 g/mol. The van der Waals surface area contributed by atoms with Gasteiger partial charge in [-0.05, 0) is 25.0 Å². The average Bonchev–Trinajstić information content (AvgIpc) is 2.99. The highest BCUT2D eigenvalue weighted by Gasteiger charge is 2.21. The van der Waals surface area contributed by atoms with E-state index in [1.807, 2.05) is 24.3 Å². The van der Waals surface area contributed by atoms with Crippen LogP contribution in [-0.2, 0) is 6.54 Å². The zero-order valence-corrected chi connectivity index (χ0v) is 14.7. The van der Waals surface area contributed by atoms with Gasteiger partial charge in [-0.25, -0.2) is 4.98 Å². The largest absolute Gasteiger partial charge is 0.298 e. The minimum Gasteiger partial charge on any atom is -0.298 e. The van der Waals surface area contributed by atoms with Gasteiger partial charge in [-0.3, -0.25) is 14.8 Å². The van der Waals surface area contributed by atoms with Gasteiger partial charge in [0, 0.05) is 6.54 Å². The number of halogens is 1. The van der Waals surface area contributed by atoms with Gasteiger partial charge in [0.05, 0.1) is 21.5 Å². The molecule has 0 aliphatic carbocycles. The lowest BCUT2D eigenvalue weighted by atomic mass is 10.2. The number of benzene rings is 1. The Hall–Kier alpha value is -1.92. The maximum absolute atomic E-state index is 12.5. The summed E-state index contributed by atoms with van der Waals surface area (Å²) in [5.41, 5.74) is 1.90. The van der Waals surface area contributed by atoms with Gasteiger partial charge in [0.25, 0.3) is 5.91 Å². The quantitative estimate of drug-likeness (QED) is 0.761. The molecule has 0 atom stereocenters. The van der Waals surface area contributed by atoms with Gasteiger partial charge in [0.15, 0.2) is 5.13 Å². The number of hydrogen-bond donors (Lipinski definition) is 1. The number of nitrogens with zero attached hydrogens (tertiary/aromatic N) is 3. The summed E-state index contributed by atoms with van der Waals surface area (Å²) in [6, 6.07) is 7.76. The van der Waals surface area contributed by atoms with Crippen LogP contribution < -0.4 is 5.32 Å². The van der Waals surface area contributed by atoms with Gasteiger partial charge in [-0.15, -0.1) is 0 Å². The second-order valence-corrected chi connectivity index (χ2v) is 7.16. The topological polar surface area (TPSA) is 59.8 Å². The standard InChI is InChI=1S/C16H17ClN4OS/c1-9(2)8-21-14(17)13(10(3)20-21)15(22)19-16-18-11-6-4-5-7-12(11)23-16/h4-7,9H,8H2,1-3H3,(H,18,19,22). The van der Waals surface area contributed by atoms with Crippen molar-refractivity contribution in [3.63, 3.8) is 0 Å². The minimum atomic E-state index is -0.276. The number of rotatable bonds is 4. The molecule has 3 rings (SSSR count). The van der Waals surface area contributed by atoms with Crippen molar-refractivity contribution in [1.29, 1.82) is 0 Å². The third-order valence-corrected chi connectivity index (χ3v) is 4.68. The first-order valence-corrected chi connectivity index (χ1v) is 8.55. The summed E-state index contributed by atoms with van der Waals surface area (Å²) < 4.78 is 2.70. The predicted molar refractivity (Wildman–Crippen MR) is 94.4 cm³/mol. The molecule has 1 amide bonds. The molecule has 120 valence electrons. The van der Waals surface area contributed by atoms with Crippen LogP contribution in [0, 0.1) is 12.8 Å². The first kappa shape index (κ1) is 16.0. The van der Waals surface area contributed by atoms with E-state index >= 15 is 0 Å². The van der Waals surface area contributed by atoms with Crippen molar-refractivity contribution >= 4 is 44.2 Å². The van der Waals surface area contributed by atoms with Gasteiger partial charge in [-0.2, -0.15) is 5.10 Å². The highest BCUT2D eigenvalue weighted by Crippen LogP contribution is 2.27. The van der Waals surface area contributed by atoms with Crippen LogP contribution in [0.5, 0.6) is 0 Å². The third kappa shape index (κ3) is 3.23. The average molecular weight is 349 g/mol. The molecule has 2 heterocycles. The van der Waals surface area contributed by atoms with Crippen LogP contribution in [0.1, 0.15) is 29.9 Å². The number of aryl methyl sites for hydroxylation is 1. The molecule has 23 heavy (non-hydrogen) atoms. The Bertz CT molecular complexity index is 835. The van der Waals surface area contributed by atoms with Crippen molar-refractivity contribution in [2.75, 3.05) is 5.32 Å². The fourth-order valence-electron chi connectivity index (χ4n) is 2.36. The van der Waals surface area contributed by atoms with E-state index in [-0.39, 0.29) is 5.91 Å². The van der Waals surface area contributed by atoms with Crippen molar-refractivity contribution in [1.82, 2.24) is 14.8 Å². The van der Waals surface area contributed by atoms with Crippen molar-refractivity contribution in [2.45, 2.75) is 27.3 Å².